The molecule has 1 amide bonds. The van der Waals surface area contributed by atoms with Gasteiger partial charge >= 0.3 is 6.61 Å². The number of ether oxygens (including phenoxy) is 1. The smallest absolute Gasteiger partial charge is 0.387 e. The van der Waals surface area contributed by atoms with Crippen LogP contribution in [0.1, 0.15) is 33.0 Å². The molecule has 0 radical (unpaired) electrons. The van der Waals surface area contributed by atoms with E-state index in [1.54, 1.807) is 20.8 Å². The van der Waals surface area contributed by atoms with Crippen LogP contribution >= 0.6 is 0 Å². The first-order valence-electron chi connectivity index (χ1n) is 8.71. The number of carbonyl (C=O) groups is 1. The summed E-state index contributed by atoms with van der Waals surface area (Å²) in [5, 5.41) is 10.5. The molecule has 2 N–H and O–H groups in total. The van der Waals surface area contributed by atoms with E-state index < -0.39 is 12.5 Å². The number of halogens is 2. The fraction of sp³-hybridized carbons (Fsp3) is 0.263. The normalized spacial score (nSPS) is 11.0. The zero-order valence-electron chi connectivity index (χ0n) is 16.0. The molecule has 0 bridgehead atoms. The molecule has 8 nitrogen and oxygen atoms in total. The topological polar surface area (TPSA) is 102 Å². The molecule has 10 heteroatoms. The highest BCUT2D eigenvalue weighted by molar-refractivity contribution is 5.93. The van der Waals surface area contributed by atoms with Crippen molar-refractivity contribution in [3.8, 4) is 11.4 Å². The third kappa shape index (κ3) is 4.48. The summed E-state index contributed by atoms with van der Waals surface area (Å²) < 4.78 is 30.2. The number of H-pyrrole nitrogens is 1. The van der Waals surface area contributed by atoms with E-state index in [9.17, 15) is 18.4 Å². The Balaban J connectivity index is 1.75. The SMILES string of the molecule is Cc1cc(C)c(CNC(=O)c2nnn(-c3ccc(OC(F)F)cc3)c2C)c(=O)[nH]1. The number of amides is 1. The first-order valence-corrected chi connectivity index (χ1v) is 8.71. The highest BCUT2D eigenvalue weighted by Crippen LogP contribution is 2.18. The zero-order valence-corrected chi connectivity index (χ0v) is 16.0. The second-order valence-electron chi connectivity index (χ2n) is 6.43. The third-order valence-electron chi connectivity index (χ3n) is 4.34. The molecule has 0 atom stereocenters. The van der Waals surface area contributed by atoms with Crippen LogP contribution in [0, 0.1) is 20.8 Å². The minimum Gasteiger partial charge on any atom is -0.435 e. The number of aromatic nitrogens is 4. The molecule has 3 rings (SSSR count). The maximum Gasteiger partial charge on any atom is 0.387 e. The van der Waals surface area contributed by atoms with Crippen LogP contribution in [0.25, 0.3) is 5.69 Å². The van der Waals surface area contributed by atoms with Crippen molar-refractivity contribution in [3.05, 3.63) is 68.9 Å². The predicted molar refractivity (Wildman–Crippen MR) is 100 cm³/mol. The van der Waals surface area contributed by atoms with Crippen LogP contribution in [-0.2, 0) is 6.54 Å². The van der Waals surface area contributed by atoms with Gasteiger partial charge in [0.05, 0.1) is 11.4 Å². The molecule has 0 saturated heterocycles. The Morgan fingerprint density at radius 2 is 1.93 bits per heavy atom. The van der Waals surface area contributed by atoms with Gasteiger partial charge in [0.15, 0.2) is 5.69 Å². The van der Waals surface area contributed by atoms with E-state index in [1.165, 1.54) is 28.9 Å². The van der Waals surface area contributed by atoms with E-state index in [0.29, 0.717) is 16.9 Å². The second kappa shape index (κ2) is 8.21. The maximum absolute atomic E-state index is 12.5. The molecule has 29 heavy (non-hydrogen) atoms. The Morgan fingerprint density at radius 3 is 2.55 bits per heavy atom. The van der Waals surface area contributed by atoms with Gasteiger partial charge in [0.2, 0.25) is 0 Å². The average Bonchev–Trinajstić information content (AvgIpc) is 3.02. The van der Waals surface area contributed by atoms with Gasteiger partial charge in [0.1, 0.15) is 5.75 Å². The van der Waals surface area contributed by atoms with Gasteiger partial charge < -0.3 is 15.0 Å². The molecule has 0 spiro atoms. The molecular formula is C19H19F2N5O3. The maximum atomic E-state index is 12.5. The van der Waals surface area contributed by atoms with Gasteiger partial charge in [-0.05, 0) is 56.7 Å². The van der Waals surface area contributed by atoms with E-state index in [2.05, 4.69) is 25.3 Å². The number of nitrogens with one attached hydrogen (secondary N) is 2. The molecule has 2 heterocycles. The molecule has 3 aromatic rings. The fourth-order valence-corrected chi connectivity index (χ4v) is 2.91. The summed E-state index contributed by atoms with van der Waals surface area (Å²) >= 11 is 0. The third-order valence-corrected chi connectivity index (χ3v) is 4.34. The van der Waals surface area contributed by atoms with Gasteiger partial charge in [-0.2, -0.15) is 8.78 Å². The van der Waals surface area contributed by atoms with Crippen molar-refractivity contribution < 1.29 is 18.3 Å². The van der Waals surface area contributed by atoms with E-state index in [0.717, 1.165) is 11.3 Å². The summed E-state index contributed by atoms with van der Waals surface area (Å²) in [7, 11) is 0. The zero-order chi connectivity index (χ0) is 21.1. The van der Waals surface area contributed by atoms with Crippen LogP contribution in [0.2, 0.25) is 0 Å². The highest BCUT2D eigenvalue weighted by Gasteiger charge is 2.18. The van der Waals surface area contributed by atoms with Crippen molar-refractivity contribution in [2.75, 3.05) is 0 Å². The monoisotopic (exact) mass is 403 g/mol. The molecule has 0 aliphatic carbocycles. The summed E-state index contributed by atoms with van der Waals surface area (Å²) in [6.45, 7) is 2.38. The average molecular weight is 403 g/mol. The number of nitrogens with zero attached hydrogens (tertiary/aromatic N) is 3. The number of pyridine rings is 1. The summed E-state index contributed by atoms with van der Waals surface area (Å²) in [6, 6.07) is 7.61. The number of aromatic amines is 1. The standard InChI is InChI=1S/C19H19F2N5O3/c1-10-8-11(2)23-17(27)15(10)9-22-18(28)16-12(3)26(25-24-16)13-4-6-14(7-5-13)29-19(20)21/h4-8,19H,9H2,1-3H3,(H,22,28)(H,23,27). The number of rotatable bonds is 6. The Hall–Kier alpha value is -3.56. The van der Waals surface area contributed by atoms with E-state index >= 15 is 0 Å². The van der Waals surface area contributed by atoms with Crippen LogP contribution in [0.4, 0.5) is 8.78 Å². The lowest BCUT2D eigenvalue weighted by atomic mass is 10.1. The Morgan fingerprint density at radius 1 is 1.24 bits per heavy atom. The molecule has 2 aromatic heterocycles. The van der Waals surface area contributed by atoms with Crippen LogP contribution < -0.4 is 15.6 Å². The lowest BCUT2D eigenvalue weighted by molar-refractivity contribution is -0.0498. The summed E-state index contributed by atoms with van der Waals surface area (Å²) in [6.07, 6.45) is 0. The second-order valence-corrected chi connectivity index (χ2v) is 6.43. The number of hydrogen-bond donors (Lipinski definition) is 2. The fourth-order valence-electron chi connectivity index (χ4n) is 2.91. The van der Waals surface area contributed by atoms with Crippen molar-refractivity contribution >= 4 is 5.91 Å². The van der Waals surface area contributed by atoms with Crippen molar-refractivity contribution in [1.29, 1.82) is 0 Å². The minimum absolute atomic E-state index is 0.0122. The Kier molecular flexibility index (Phi) is 5.71. The van der Waals surface area contributed by atoms with Gasteiger partial charge in [-0.3, -0.25) is 9.59 Å². The van der Waals surface area contributed by atoms with Crippen LogP contribution in [0.3, 0.4) is 0 Å². The number of benzene rings is 1. The van der Waals surface area contributed by atoms with Gasteiger partial charge in [-0.1, -0.05) is 5.21 Å². The minimum atomic E-state index is -2.91. The molecule has 0 saturated carbocycles. The van der Waals surface area contributed by atoms with Gasteiger partial charge in [-0.25, -0.2) is 4.68 Å². The van der Waals surface area contributed by atoms with Gasteiger partial charge in [0, 0.05) is 17.8 Å². The van der Waals surface area contributed by atoms with Gasteiger partial charge in [-0.15, -0.1) is 5.10 Å². The van der Waals surface area contributed by atoms with Crippen molar-refractivity contribution in [3.63, 3.8) is 0 Å². The summed E-state index contributed by atoms with van der Waals surface area (Å²) in [4.78, 5) is 27.3. The van der Waals surface area contributed by atoms with Crippen LogP contribution in [0.15, 0.2) is 35.1 Å². The lowest BCUT2D eigenvalue weighted by Gasteiger charge is -2.08. The first-order chi connectivity index (χ1) is 13.8. The number of hydrogen-bond acceptors (Lipinski definition) is 5. The quantitative estimate of drug-likeness (QED) is 0.658. The summed E-state index contributed by atoms with van der Waals surface area (Å²) in [5.74, 6) is -0.469. The lowest BCUT2D eigenvalue weighted by Crippen LogP contribution is -2.28. The van der Waals surface area contributed by atoms with Crippen molar-refractivity contribution in [2.24, 2.45) is 0 Å². The first kappa shape index (κ1) is 20.2. The van der Waals surface area contributed by atoms with Crippen molar-refractivity contribution in [2.45, 2.75) is 33.9 Å². The number of aryl methyl sites for hydroxylation is 2. The van der Waals surface area contributed by atoms with Crippen LogP contribution in [0.5, 0.6) is 5.75 Å². The van der Waals surface area contributed by atoms with E-state index in [1.807, 2.05) is 6.07 Å². The molecule has 1 aromatic carbocycles. The molecule has 152 valence electrons. The Labute approximate surface area is 164 Å². The highest BCUT2D eigenvalue weighted by atomic mass is 19.3. The van der Waals surface area contributed by atoms with Gasteiger partial charge in [0.25, 0.3) is 11.5 Å². The molecule has 0 unspecified atom stereocenters. The Bertz CT molecular complexity index is 1090. The molecular weight excluding hydrogens is 384 g/mol. The molecule has 0 fully saturated rings. The van der Waals surface area contributed by atoms with E-state index in [-0.39, 0.29) is 23.5 Å². The number of alkyl halides is 2. The van der Waals surface area contributed by atoms with Crippen molar-refractivity contribution in [1.82, 2.24) is 25.3 Å². The van der Waals surface area contributed by atoms with E-state index in [4.69, 9.17) is 0 Å². The summed E-state index contributed by atoms with van der Waals surface area (Å²) in [5.41, 5.74) is 2.81. The molecule has 0 aliphatic heterocycles. The predicted octanol–water partition coefficient (Wildman–Crippen LogP) is 2.41. The largest absolute Gasteiger partial charge is 0.435 e. The van der Waals surface area contributed by atoms with Crippen LogP contribution in [-0.4, -0.2) is 32.5 Å². The molecule has 0 aliphatic rings. The number of carbonyl (C=O) groups excluding carboxylic acids is 1.